The molecule has 0 radical (unpaired) electrons. The van der Waals surface area contributed by atoms with Gasteiger partial charge >= 0.3 is 5.97 Å². The van der Waals surface area contributed by atoms with Crippen LogP contribution in [0, 0.1) is 23.7 Å². The predicted octanol–water partition coefficient (Wildman–Crippen LogP) is 1.04. The molecular weight excluding hydrogens is 244 g/mol. The number of aliphatic hydroxyl groups is 2. The van der Waals surface area contributed by atoms with E-state index in [2.05, 4.69) is 13.2 Å². The van der Waals surface area contributed by atoms with Crippen LogP contribution in [0.25, 0.3) is 0 Å². The van der Waals surface area contributed by atoms with Gasteiger partial charge in [0.15, 0.2) is 0 Å². The van der Waals surface area contributed by atoms with Crippen LogP contribution in [0.3, 0.4) is 0 Å². The van der Waals surface area contributed by atoms with E-state index in [1.807, 2.05) is 6.92 Å². The maximum absolute atomic E-state index is 11.8. The van der Waals surface area contributed by atoms with Crippen LogP contribution < -0.4 is 0 Å². The summed E-state index contributed by atoms with van der Waals surface area (Å²) >= 11 is 0. The monoisotopic (exact) mass is 264 g/mol. The van der Waals surface area contributed by atoms with Crippen molar-refractivity contribution in [3.05, 3.63) is 24.3 Å². The molecule has 0 aromatic rings. The minimum absolute atomic E-state index is 0.0173. The Morgan fingerprint density at radius 2 is 1.79 bits per heavy atom. The number of carbonyl (C=O) groups is 1. The molecule has 3 fully saturated rings. The molecule has 2 N–H and O–H groups in total. The van der Waals surface area contributed by atoms with Crippen molar-refractivity contribution in [2.45, 2.75) is 38.1 Å². The summed E-state index contributed by atoms with van der Waals surface area (Å²) in [5.74, 6) is -0.570. The van der Waals surface area contributed by atoms with Crippen molar-refractivity contribution < 1.29 is 19.7 Å². The van der Waals surface area contributed by atoms with Gasteiger partial charge in [-0.05, 0) is 29.9 Å². The second-order valence-corrected chi connectivity index (χ2v) is 6.14. The molecule has 0 amide bonds. The van der Waals surface area contributed by atoms with Gasteiger partial charge in [0, 0.05) is 11.8 Å². The lowest BCUT2D eigenvalue weighted by atomic mass is 9.80. The largest absolute Gasteiger partial charge is 0.461 e. The average molecular weight is 264 g/mol. The van der Waals surface area contributed by atoms with Crippen LogP contribution in [0.4, 0.5) is 0 Å². The number of carbonyl (C=O) groups excluding carboxylic acids is 1. The fourth-order valence-electron chi connectivity index (χ4n) is 3.96. The van der Waals surface area contributed by atoms with Crippen LogP contribution in [-0.4, -0.2) is 34.5 Å². The highest BCUT2D eigenvalue weighted by Gasteiger charge is 2.55. The molecule has 1 aliphatic heterocycles. The molecule has 1 saturated heterocycles. The number of hydrogen-bond donors (Lipinski definition) is 2. The summed E-state index contributed by atoms with van der Waals surface area (Å²) in [6, 6.07) is 0. The Hall–Kier alpha value is -1.13. The SMILES string of the molecule is C=C1[C@@H]2[C@H]3OC(=O)[C@@H](C)[C@@H]3C[C@@H](O)C(=C)[C@@H]2C[C@@H]1O. The summed E-state index contributed by atoms with van der Waals surface area (Å²) in [6.07, 6.45) is -0.461. The normalized spacial score (nSPS) is 49.6. The Morgan fingerprint density at radius 1 is 1.16 bits per heavy atom. The van der Waals surface area contributed by atoms with E-state index in [0.29, 0.717) is 12.8 Å². The van der Waals surface area contributed by atoms with Crippen LogP contribution in [0.15, 0.2) is 24.3 Å². The van der Waals surface area contributed by atoms with Crippen molar-refractivity contribution in [1.82, 2.24) is 0 Å². The van der Waals surface area contributed by atoms with Gasteiger partial charge in [-0.15, -0.1) is 0 Å². The molecule has 19 heavy (non-hydrogen) atoms. The van der Waals surface area contributed by atoms with Crippen molar-refractivity contribution in [1.29, 1.82) is 0 Å². The Morgan fingerprint density at radius 3 is 2.47 bits per heavy atom. The topological polar surface area (TPSA) is 66.8 Å². The van der Waals surface area contributed by atoms with E-state index in [0.717, 1.165) is 11.1 Å². The number of esters is 1. The highest BCUT2D eigenvalue weighted by Crippen LogP contribution is 2.52. The molecule has 0 spiro atoms. The van der Waals surface area contributed by atoms with Gasteiger partial charge in [0.25, 0.3) is 0 Å². The summed E-state index contributed by atoms with van der Waals surface area (Å²) in [7, 11) is 0. The molecule has 3 aliphatic rings. The van der Waals surface area contributed by atoms with Crippen molar-refractivity contribution in [3.63, 3.8) is 0 Å². The Labute approximate surface area is 112 Å². The van der Waals surface area contributed by atoms with E-state index in [4.69, 9.17) is 4.74 Å². The summed E-state index contributed by atoms with van der Waals surface area (Å²) in [4.78, 5) is 11.8. The fourth-order valence-corrected chi connectivity index (χ4v) is 3.96. The van der Waals surface area contributed by atoms with E-state index in [1.165, 1.54) is 0 Å². The van der Waals surface area contributed by atoms with Gasteiger partial charge in [-0.1, -0.05) is 20.1 Å². The van der Waals surface area contributed by atoms with E-state index < -0.39 is 12.2 Å². The van der Waals surface area contributed by atoms with Crippen molar-refractivity contribution in [3.8, 4) is 0 Å². The molecule has 4 nitrogen and oxygen atoms in total. The zero-order valence-electron chi connectivity index (χ0n) is 11.1. The zero-order valence-corrected chi connectivity index (χ0v) is 11.1. The lowest BCUT2D eigenvalue weighted by Gasteiger charge is -2.26. The summed E-state index contributed by atoms with van der Waals surface area (Å²) in [5, 5.41) is 20.3. The van der Waals surface area contributed by atoms with Crippen LogP contribution in [0.2, 0.25) is 0 Å². The Bertz CT molecular complexity index is 455. The van der Waals surface area contributed by atoms with Crippen molar-refractivity contribution >= 4 is 5.97 Å². The highest BCUT2D eigenvalue weighted by atomic mass is 16.6. The molecule has 104 valence electrons. The molecular formula is C15H20O4. The van der Waals surface area contributed by atoms with Gasteiger partial charge in [0.2, 0.25) is 0 Å². The van der Waals surface area contributed by atoms with E-state index in [9.17, 15) is 15.0 Å². The molecule has 4 heteroatoms. The minimum Gasteiger partial charge on any atom is -0.461 e. The van der Waals surface area contributed by atoms with E-state index >= 15 is 0 Å². The van der Waals surface area contributed by atoms with Crippen molar-refractivity contribution in [2.24, 2.45) is 23.7 Å². The number of hydrogen-bond acceptors (Lipinski definition) is 4. The third kappa shape index (κ3) is 1.70. The van der Waals surface area contributed by atoms with Gasteiger partial charge in [-0.2, -0.15) is 0 Å². The summed E-state index contributed by atoms with van der Waals surface area (Å²) < 4.78 is 5.52. The Kier molecular flexibility index (Phi) is 2.84. The van der Waals surface area contributed by atoms with Gasteiger partial charge in [0.05, 0.1) is 18.1 Å². The zero-order chi connectivity index (χ0) is 13.9. The molecule has 2 aliphatic carbocycles. The molecule has 0 bridgehead atoms. The van der Waals surface area contributed by atoms with Crippen LogP contribution >= 0.6 is 0 Å². The number of fused-ring (bicyclic) bond motifs is 3. The molecule has 1 heterocycles. The first-order valence-electron chi connectivity index (χ1n) is 6.85. The lowest BCUT2D eigenvalue weighted by Crippen LogP contribution is -2.30. The quantitative estimate of drug-likeness (QED) is 0.507. The summed E-state index contributed by atoms with van der Waals surface area (Å²) in [5.41, 5.74) is 1.47. The van der Waals surface area contributed by atoms with E-state index in [-0.39, 0.29) is 35.7 Å². The van der Waals surface area contributed by atoms with Gasteiger partial charge in [-0.3, -0.25) is 4.79 Å². The lowest BCUT2D eigenvalue weighted by molar-refractivity contribution is -0.145. The number of ether oxygens (including phenoxy) is 1. The first-order chi connectivity index (χ1) is 8.91. The fraction of sp³-hybridized carbons (Fsp3) is 0.667. The predicted molar refractivity (Wildman–Crippen MR) is 69.0 cm³/mol. The standard InChI is InChI=1S/C15H20O4/c1-6-9-4-12(17)8(3)13(9)14-10(5-11(6)16)7(2)15(18)19-14/h7,9-14,16-17H,1,3-5H2,2H3/t7-,9-,10-,11+,12-,13-,14-/m0/s1. The molecule has 7 atom stereocenters. The van der Waals surface area contributed by atoms with Crippen LogP contribution in [0.1, 0.15) is 19.8 Å². The molecule has 2 saturated carbocycles. The minimum atomic E-state index is -0.627. The van der Waals surface area contributed by atoms with Gasteiger partial charge < -0.3 is 14.9 Å². The number of aliphatic hydroxyl groups excluding tert-OH is 2. The van der Waals surface area contributed by atoms with Crippen molar-refractivity contribution in [2.75, 3.05) is 0 Å². The van der Waals surface area contributed by atoms with E-state index in [1.54, 1.807) is 0 Å². The van der Waals surface area contributed by atoms with Crippen LogP contribution in [0.5, 0.6) is 0 Å². The smallest absolute Gasteiger partial charge is 0.309 e. The first kappa shape index (κ1) is 12.9. The maximum atomic E-state index is 11.8. The van der Waals surface area contributed by atoms with Crippen LogP contribution in [-0.2, 0) is 9.53 Å². The van der Waals surface area contributed by atoms with Gasteiger partial charge in [0.1, 0.15) is 6.10 Å². The number of rotatable bonds is 0. The Balaban J connectivity index is 2.02. The first-order valence-corrected chi connectivity index (χ1v) is 6.85. The average Bonchev–Trinajstić information content (AvgIpc) is 2.77. The molecule has 0 unspecified atom stereocenters. The maximum Gasteiger partial charge on any atom is 0.309 e. The highest BCUT2D eigenvalue weighted by molar-refractivity contribution is 5.75. The second-order valence-electron chi connectivity index (χ2n) is 6.14. The molecule has 3 rings (SSSR count). The molecule has 0 aromatic carbocycles. The summed E-state index contributed by atoms with van der Waals surface area (Å²) in [6.45, 7) is 9.81. The third-order valence-electron chi connectivity index (χ3n) is 5.21. The third-order valence-corrected chi connectivity index (χ3v) is 5.21. The molecule has 0 aromatic heterocycles. The van der Waals surface area contributed by atoms with Gasteiger partial charge in [-0.25, -0.2) is 0 Å². The second kappa shape index (κ2) is 4.18.